The van der Waals surface area contributed by atoms with Gasteiger partial charge < -0.3 is 19.7 Å². The van der Waals surface area contributed by atoms with Crippen molar-refractivity contribution in [3.63, 3.8) is 0 Å². The Kier molecular flexibility index (Phi) is 8.96. The number of ether oxygens (including phenoxy) is 2. The van der Waals surface area contributed by atoms with Crippen molar-refractivity contribution in [3.05, 3.63) is 60.2 Å². The fourth-order valence-corrected chi connectivity index (χ4v) is 4.04. The zero-order valence-electron chi connectivity index (χ0n) is 19.1. The predicted molar refractivity (Wildman–Crippen MR) is 125 cm³/mol. The van der Waals surface area contributed by atoms with Crippen LogP contribution in [0, 0.1) is 0 Å². The summed E-state index contributed by atoms with van der Waals surface area (Å²) < 4.78 is 10.9. The van der Waals surface area contributed by atoms with Gasteiger partial charge in [-0.1, -0.05) is 49.6 Å². The monoisotopic (exact) mass is 438 g/mol. The molecule has 0 heterocycles. The van der Waals surface area contributed by atoms with Gasteiger partial charge in [0.25, 0.3) is 5.91 Å². The summed E-state index contributed by atoms with van der Waals surface area (Å²) in [6, 6.07) is 16.7. The maximum absolute atomic E-state index is 13.1. The first kappa shape index (κ1) is 23.6. The summed E-state index contributed by atoms with van der Waals surface area (Å²) in [4.78, 5) is 27.7. The number of nitrogens with one attached hydrogen (secondary N) is 1. The number of carbonyl (C=O) groups excluding carboxylic acids is 2. The third kappa shape index (κ3) is 7.01. The third-order valence-corrected chi connectivity index (χ3v) is 6.02. The standard InChI is InChI=1S/C26H34N2O4/c1-20(26(30)27-22-11-7-4-8-12-22)28(18-17-21-9-5-3-6-10-21)25(29)19-32-24-15-13-23(31-2)14-16-24/h3,5-6,9-10,13-16,20,22H,4,7-8,11-12,17-19H2,1-2H3,(H,27,30)/t20-/m1/s1. The second-order valence-electron chi connectivity index (χ2n) is 8.31. The van der Waals surface area contributed by atoms with E-state index in [1.165, 1.54) is 6.42 Å². The molecule has 1 N–H and O–H groups in total. The smallest absolute Gasteiger partial charge is 0.261 e. The highest BCUT2D eigenvalue weighted by molar-refractivity contribution is 5.88. The van der Waals surface area contributed by atoms with Gasteiger partial charge >= 0.3 is 0 Å². The molecule has 1 atom stereocenters. The first-order valence-corrected chi connectivity index (χ1v) is 11.5. The van der Waals surface area contributed by atoms with Crippen LogP contribution in [0.15, 0.2) is 54.6 Å². The van der Waals surface area contributed by atoms with Crippen LogP contribution in [0.1, 0.15) is 44.6 Å². The van der Waals surface area contributed by atoms with E-state index in [2.05, 4.69) is 5.32 Å². The molecule has 3 rings (SSSR count). The van der Waals surface area contributed by atoms with Crippen LogP contribution in [-0.2, 0) is 16.0 Å². The minimum absolute atomic E-state index is 0.0947. The van der Waals surface area contributed by atoms with Gasteiger partial charge in [0.05, 0.1) is 7.11 Å². The Labute approximate surface area is 190 Å². The van der Waals surface area contributed by atoms with E-state index in [0.717, 1.165) is 37.0 Å². The number of nitrogens with zero attached hydrogens (tertiary/aromatic N) is 1. The maximum Gasteiger partial charge on any atom is 0.261 e. The zero-order valence-corrected chi connectivity index (χ0v) is 19.1. The lowest BCUT2D eigenvalue weighted by molar-refractivity contribution is -0.141. The van der Waals surface area contributed by atoms with Gasteiger partial charge in [-0.15, -0.1) is 0 Å². The van der Waals surface area contributed by atoms with Gasteiger partial charge in [0.15, 0.2) is 6.61 Å². The highest BCUT2D eigenvalue weighted by Crippen LogP contribution is 2.19. The summed E-state index contributed by atoms with van der Waals surface area (Å²) in [5.74, 6) is 1.01. The van der Waals surface area contributed by atoms with E-state index in [4.69, 9.17) is 9.47 Å². The van der Waals surface area contributed by atoms with Gasteiger partial charge in [-0.25, -0.2) is 0 Å². The summed E-state index contributed by atoms with van der Waals surface area (Å²) in [6.07, 6.45) is 6.22. The average Bonchev–Trinajstić information content (AvgIpc) is 2.84. The first-order chi connectivity index (χ1) is 15.6. The van der Waals surface area contributed by atoms with Gasteiger partial charge in [-0.3, -0.25) is 9.59 Å². The molecule has 0 bridgehead atoms. The van der Waals surface area contributed by atoms with E-state index in [1.807, 2.05) is 30.3 Å². The molecule has 0 saturated heterocycles. The van der Waals surface area contributed by atoms with Crippen molar-refractivity contribution in [1.29, 1.82) is 0 Å². The lowest BCUT2D eigenvalue weighted by atomic mass is 9.95. The number of methoxy groups -OCH3 is 1. The second kappa shape index (κ2) is 12.1. The van der Waals surface area contributed by atoms with Crippen LogP contribution in [0.2, 0.25) is 0 Å². The topological polar surface area (TPSA) is 67.9 Å². The molecule has 32 heavy (non-hydrogen) atoms. The third-order valence-electron chi connectivity index (χ3n) is 6.02. The van der Waals surface area contributed by atoms with Crippen molar-refractivity contribution in [1.82, 2.24) is 10.2 Å². The molecule has 172 valence electrons. The number of hydrogen-bond acceptors (Lipinski definition) is 4. The van der Waals surface area contributed by atoms with Crippen LogP contribution in [0.4, 0.5) is 0 Å². The van der Waals surface area contributed by atoms with Gasteiger partial charge in [0.1, 0.15) is 17.5 Å². The molecule has 2 aromatic carbocycles. The Hall–Kier alpha value is -3.02. The van der Waals surface area contributed by atoms with Crippen molar-refractivity contribution in [3.8, 4) is 11.5 Å². The number of hydrogen-bond donors (Lipinski definition) is 1. The van der Waals surface area contributed by atoms with Gasteiger partial charge in [0, 0.05) is 12.6 Å². The number of amides is 2. The highest BCUT2D eigenvalue weighted by Gasteiger charge is 2.28. The summed E-state index contributed by atoms with van der Waals surface area (Å²) in [7, 11) is 1.60. The average molecular weight is 439 g/mol. The van der Waals surface area contributed by atoms with E-state index < -0.39 is 6.04 Å². The number of rotatable bonds is 10. The minimum Gasteiger partial charge on any atom is -0.497 e. The molecule has 6 nitrogen and oxygen atoms in total. The van der Waals surface area contributed by atoms with Crippen LogP contribution < -0.4 is 14.8 Å². The summed E-state index contributed by atoms with van der Waals surface area (Å²) >= 11 is 0. The van der Waals surface area contributed by atoms with Crippen molar-refractivity contribution in [2.75, 3.05) is 20.3 Å². The Balaban J connectivity index is 1.63. The molecule has 2 aromatic rings. The largest absolute Gasteiger partial charge is 0.497 e. The Bertz CT molecular complexity index is 848. The van der Waals surface area contributed by atoms with E-state index in [-0.39, 0.29) is 24.5 Å². The molecule has 6 heteroatoms. The molecule has 1 aliphatic carbocycles. The number of benzene rings is 2. The van der Waals surface area contributed by atoms with Crippen molar-refractivity contribution in [2.45, 2.75) is 57.5 Å². The molecule has 1 aliphatic rings. The van der Waals surface area contributed by atoms with E-state index in [0.29, 0.717) is 18.7 Å². The minimum atomic E-state index is -0.562. The highest BCUT2D eigenvalue weighted by atomic mass is 16.5. The molecule has 0 unspecified atom stereocenters. The lowest BCUT2D eigenvalue weighted by Gasteiger charge is -2.31. The van der Waals surface area contributed by atoms with Crippen LogP contribution in [0.25, 0.3) is 0 Å². The summed E-state index contributed by atoms with van der Waals surface area (Å²) in [5.41, 5.74) is 1.13. The first-order valence-electron chi connectivity index (χ1n) is 11.5. The fourth-order valence-electron chi connectivity index (χ4n) is 4.04. The summed E-state index contributed by atoms with van der Waals surface area (Å²) in [6.45, 7) is 2.13. The molecule has 1 fully saturated rings. The van der Waals surface area contributed by atoms with E-state index >= 15 is 0 Å². The molecule has 1 saturated carbocycles. The SMILES string of the molecule is COc1ccc(OCC(=O)N(CCc2ccccc2)[C@H](C)C(=O)NC2CCCCC2)cc1. The van der Waals surface area contributed by atoms with Crippen molar-refractivity contribution in [2.24, 2.45) is 0 Å². The van der Waals surface area contributed by atoms with Crippen molar-refractivity contribution < 1.29 is 19.1 Å². The Morgan fingerprint density at radius 3 is 2.31 bits per heavy atom. The molecule has 0 spiro atoms. The number of carbonyl (C=O) groups is 2. The zero-order chi connectivity index (χ0) is 22.8. The molecule has 0 aliphatic heterocycles. The molecule has 0 aromatic heterocycles. The normalized spacial score (nSPS) is 14.9. The second-order valence-corrected chi connectivity index (χ2v) is 8.31. The van der Waals surface area contributed by atoms with Crippen molar-refractivity contribution >= 4 is 11.8 Å². The lowest BCUT2D eigenvalue weighted by Crippen LogP contribution is -2.52. The Morgan fingerprint density at radius 1 is 1.00 bits per heavy atom. The van der Waals surface area contributed by atoms with Crippen LogP contribution in [-0.4, -0.2) is 49.1 Å². The van der Waals surface area contributed by atoms with Crippen LogP contribution in [0.5, 0.6) is 11.5 Å². The molecular weight excluding hydrogens is 404 g/mol. The Morgan fingerprint density at radius 2 is 1.66 bits per heavy atom. The van der Waals surface area contributed by atoms with E-state index in [9.17, 15) is 9.59 Å². The van der Waals surface area contributed by atoms with Gasteiger partial charge in [-0.05, 0) is 56.0 Å². The van der Waals surface area contributed by atoms with E-state index in [1.54, 1.807) is 43.2 Å². The molecule has 2 amide bonds. The van der Waals surface area contributed by atoms with Gasteiger partial charge in [-0.2, -0.15) is 0 Å². The quantitative estimate of drug-likeness (QED) is 0.609. The van der Waals surface area contributed by atoms with Crippen LogP contribution >= 0.6 is 0 Å². The molecular formula is C26H34N2O4. The summed E-state index contributed by atoms with van der Waals surface area (Å²) in [5, 5.41) is 3.15. The van der Waals surface area contributed by atoms with Crippen LogP contribution in [0.3, 0.4) is 0 Å². The maximum atomic E-state index is 13.1. The van der Waals surface area contributed by atoms with Gasteiger partial charge in [0.2, 0.25) is 5.91 Å². The molecule has 0 radical (unpaired) electrons. The predicted octanol–water partition coefficient (Wildman–Crippen LogP) is 3.98. The fraction of sp³-hybridized carbons (Fsp3) is 0.462.